The molecule has 2 aromatic carbocycles. The summed E-state index contributed by atoms with van der Waals surface area (Å²) in [6, 6.07) is 16.2. The molecule has 2 atom stereocenters. The molecule has 4 nitrogen and oxygen atoms in total. The molecule has 1 aliphatic rings. The largest absolute Gasteiger partial charge is 0.457 e. The Morgan fingerprint density at radius 2 is 1.88 bits per heavy atom. The zero-order valence-corrected chi connectivity index (χ0v) is 14.9. The number of aryl methyl sites for hydroxylation is 1. The third-order valence-corrected chi connectivity index (χ3v) is 4.73. The number of carbonyl (C=O) groups is 1. The quantitative estimate of drug-likeness (QED) is 0.872. The van der Waals surface area contributed by atoms with E-state index in [9.17, 15) is 4.79 Å². The highest BCUT2D eigenvalue weighted by molar-refractivity contribution is 5.78. The SMILES string of the molecule is Cc1ccccc1Oc1ccccc1CNC(=O)[C@H]1CCN[C@@H](C)C1. The summed E-state index contributed by atoms with van der Waals surface area (Å²) >= 11 is 0. The van der Waals surface area contributed by atoms with E-state index < -0.39 is 0 Å². The highest BCUT2D eigenvalue weighted by atomic mass is 16.5. The van der Waals surface area contributed by atoms with Crippen LogP contribution in [-0.2, 0) is 11.3 Å². The summed E-state index contributed by atoms with van der Waals surface area (Å²) in [6.07, 6.45) is 1.80. The summed E-state index contributed by atoms with van der Waals surface area (Å²) in [4.78, 5) is 12.5. The van der Waals surface area contributed by atoms with Crippen LogP contribution >= 0.6 is 0 Å². The van der Waals surface area contributed by atoms with Gasteiger partial charge in [-0.3, -0.25) is 4.79 Å². The molecule has 0 radical (unpaired) electrons. The first kappa shape index (κ1) is 17.5. The lowest BCUT2D eigenvalue weighted by Crippen LogP contribution is -2.42. The summed E-state index contributed by atoms with van der Waals surface area (Å²) in [7, 11) is 0. The molecular weight excluding hydrogens is 312 g/mol. The van der Waals surface area contributed by atoms with E-state index in [0.29, 0.717) is 12.6 Å². The van der Waals surface area contributed by atoms with Gasteiger partial charge in [-0.25, -0.2) is 0 Å². The van der Waals surface area contributed by atoms with Gasteiger partial charge in [0.25, 0.3) is 0 Å². The maximum atomic E-state index is 12.5. The Balaban J connectivity index is 1.65. The topological polar surface area (TPSA) is 50.4 Å². The maximum absolute atomic E-state index is 12.5. The number of amides is 1. The Morgan fingerprint density at radius 1 is 1.16 bits per heavy atom. The average Bonchev–Trinajstić information content (AvgIpc) is 2.62. The Morgan fingerprint density at radius 3 is 2.64 bits per heavy atom. The van der Waals surface area contributed by atoms with Crippen LogP contribution in [0, 0.1) is 12.8 Å². The van der Waals surface area contributed by atoms with E-state index in [-0.39, 0.29) is 11.8 Å². The van der Waals surface area contributed by atoms with Crippen LogP contribution in [0.2, 0.25) is 0 Å². The minimum atomic E-state index is 0.0979. The summed E-state index contributed by atoms with van der Waals surface area (Å²) in [5.41, 5.74) is 2.08. The zero-order chi connectivity index (χ0) is 17.6. The number of piperidine rings is 1. The molecule has 0 unspecified atom stereocenters. The van der Waals surface area contributed by atoms with E-state index >= 15 is 0 Å². The maximum Gasteiger partial charge on any atom is 0.223 e. The molecule has 0 saturated carbocycles. The molecule has 0 aromatic heterocycles. The summed E-state index contributed by atoms with van der Waals surface area (Å²) < 4.78 is 6.07. The van der Waals surface area contributed by atoms with Gasteiger partial charge in [-0.1, -0.05) is 36.4 Å². The number of carbonyl (C=O) groups excluding carboxylic acids is 1. The fourth-order valence-corrected chi connectivity index (χ4v) is 3.24. The second kappa shape index (κ2) is 8.17. The predicted octanol–water partition coefficient (Wildman–Crippen LogP) is 3.79. The van der Waals surface area contributed by atoms with Crippen LogP contribution in [0.5, 0.6) is 11.5 Å². The Bertz CT molecular complexity index is 729. The van der Waals surface area contributed by atoms with Crippen molar-refractivity contribution in [1.82, 2.24) is 10.6 Å². The van der Waals surface area contributed by atoms with Gasteiger partial charge in [-0.15, -0.1) is 0 Å². The first-order chi connectivity index (χ1) is 12.1. The molecule has 4 heteroatoms. The number of ether oxygens (including phenoxy) is 1. The lowest BCUT2D eigenvalue weighted by atomic mass is 9.92. The predicted molar refractivity (Wildman–Crippen MR) is 99.7 cm³/mol. The van der Waals surface area contributed by atoms with Gasteiger partial charge in [0.15, 0.2) is 0 Å². The van der Waals surface area contributed by atoms with Crippen LogP contribution < -0.4 is 15.4 Å². The summed E-state index contributed by atoms with van der Waals surface area (Å²) in [6.45, 7) is 5.55. The van der Waals surface area contributed by atoms with Crippen molar-refractivity contribution in [1.29, 1.82) is 0 Å². The van der Waals surface area contributed by atoms with Crippen molar-refractivity contribution >= 4 is 5.91 Å². The van der Waals surface area contributed by atoms with Gasteiger partial charge in [0.1, 0.15) is 11.5 Å². The first-order valence-electron chi connectivity index (χ1n) is 8.96. The van der Waals surface area contributed by atoms with Crippen molar-refractivity contribution in [3.05, 3.63) is 59.7 Å². The molecule has 1 aliphatic heterocycles. The normalized spacial score (nSPS) is 20.1. The molecular formula is C21H26N2O2. The van der Waals surface area contributed by atoms with Gasteiger partial charge in [-0.2, -0.15) is 0 Å². The van der Waals surface area contributed by atoms with Crippen LogP contribution in [0.1, 0.15) is 30.9 Å². The van der Waals surface area contributed by atoms with Gasteiger partial charge >= 0.3 is 0 Å². The van der Waals surface area contributed by atoms with Crippen molar-refractivity contribution in [2.24, 2.45) is 5.92 Å². The molecule has 1 fully saturated rings. The fourth-order valence-electron chi connectivity index (χ4n) is 3.24. The lowest BCUT2D eigenvalue weighted by molar-refractivity contribution is -0.126. The van der Waals surface area contributed by atoms with Crippen LogP contribution in [0.25, 0.3) is 0 Å². The Labute approximate surface area is 149 Å². The Kier molecular flexibility index (Phi) is 5.71. The van der Waals surface area contributed by atoms with E-state index in [2.05, 4.69) is 17.6 Å². The van der Waals surface area contributed by atoms with Crippen LogP contribution in [0.15, 0.2) is 48.5 Å². The van der Waals surface area contributed by atoms with Crippen LogP contribution in [0.4, 0.5) is 0 Å². The number of hydrogen-bond acceptors (Lipinski definition) is 3. The third-order valence-electron chi connectivity index (χ3n) is 4.73. The molecule has 0 aliphatic carbocycles. The number of benzene rings is 2. The van der Waals surface area contributed by atoms with E-state index in [1.807, 2.05) is 55.5 Å². The van der Waals surface area contributed by atoms with E-state index in [1.165, 1.54) is 0 Å². The molecule has 1 saturated heterocycles. The molecule has 0 bridgehead atoms. The lowest BCUT2D eigenvalue weighted by Gasteiger charge is -2.27. The van der Waals surface area contributed by atoms with Crippen molar-refractivity contribution in [3.8, 4) is 11.5 Å². The molecule has 2 N–H and O–H groups in total. The van der Waals surface area contributed by atoms with E-state index in [4.69, 9.17) is 4.74 Å². The number of para-hydroxylation sites is 2. The van der Waals surface area contributed by atoms with Gasteiger partial charge in [0.2, 0.25) is 5.91 Å². The molecule has 2 aromatic rings. The highest BCUT2D eigenvalue weighted by Crippen LogP contribution is 2.27. The van der Waals surface area contributed by atoms with Gasteiger partial charge in [0, 0.05) is 24.1 Å². The first-order valence-corrected chi connectivity index (χ1v) is 8.96. The molecule has 25 heavy (non-hydrogen) atoms. The summed E-state index contributed by atoms with van der Waals surface area (Å²) in [5, 5.41) is 6.47. The number of rotatable bonds is 5. The van der Waals surface area contributed by atoms with Crippen LogP contribution in [0.3, 0.4) is 0 Å². The minimum absolute atomic E-state index is 0.0979. The number of nitrogens with one attached hydrogen (secondary N) is 2. The van der Waals surface area contributed by atoms with E-state index in [0.717, 1.165) is 42.0 Å². The average molecular weight is 338 g/mol. The molecule has 132 valence electrons. The molecule has 3 rings (SSSR count). The highest BCUT2D eigenvalue weighted by Gasteiger charge is 2.24. The van der Waals surface area contributed by atoms with Crippen LogP contribution in [-0.4, -0.2) is 18.5 Å². The molecule has 1 amide bonds. The van der Waals surface area contributed by atoms with Gasteiger partial charge in [-0.05, 0) is 50.9 Å². The molecule has 1 heterocycles. The van der Waals surface area contributed by atoms with E-state index in [1.54, 1.807) is 0 Å². The second-order valence-electron chi connectivity index (χ2n) is 6.77. The fraction of sp³-hybridized carbons (Fsp3) is 0.381. The standard InChI is InChI=1S/C21H26N2O2/c1-15-7-3-5-9-19(15)25-20-10-6-4-8-18(20)14-23-21(24)17-11-12-22-16(2)13-17/h3-10,16-17,22H,11-14H2,1-2H3,(H,23,24)/t16-,17-/m0/s1. The van der Waals surface area contributed by atoms with Crippen molar-refractivity contribution < 1.29 is 9.53 Å². The minimum Gasteiger partial charge on any atom is -0.457 e. The van der Waals surface area contributed by atoms with Crippen molar-refractivity contribution in [2.75, 3.05) is 6.54 Å². The zero-order valence-electron chi connectivity index (χ0n) is 14.9. The smallest absolute Gasteiger partial charge is 0.223 e. The van der Waals surface area contributed by atoms with Crippen molar-refractivity contribution in [3.63, 3.8) is 0 Å². The second-order valence-corrected chi connectivity index (χ2v) is 6.77. The monoisotopic (exact) mass is 338 g/mol. The van der Waals surface area contributed by atoms with Gasteiger partial charge < -0.3 is 15.4 Å². The summed E-state index contributed by atoms with van der Waals surface area (Å²) in [5.74, 6) is 1.86. The van der Waals surface area contributed by atoms with Gasteiger partial charge in [0.05, 0.1) is 0 Å². The Hall–Kier alpha value is -2.33. The molecule has 0 spiro atoms. The van der Waals surface area contributed by atoms with Crippen molar-refractivity contribution in [2.45, 2.75) is 39.3 Å². The third kappa shape index (κ3) is 4.60. The number of hydrogen-bond donors (Lipinski definition) is 2.